The van der Waals surface area contributed by atoms with E-state index in [-0.39, 0.29) is 11.9 Å². The summed E-state index contributed by atoms with van der Waals surface area (Å²) in [7, 11) is 0. The SMILES string of the molecule is CCCOC(=O)CCCC(=O)OCC(CC)CC. The van der Waals surface area contributed by atoms with E-state index in [0.717, 1.165) is 19.3 Å². The second-order valence-corrected chi connectivity index (χ2v) is 4.44. The van der Waals surface area contributed by atoms with E-state index in [1.54, 1.807) is 0 Å². The van der Waals surface area contributed by atoms with Crippen LogP contribution in [0, 0.1) is 5.92 Å². The van der Waals surface area contributed by atoms with Crippen molar-refractivity contribution in [2.24, 2.45) is 5.92 Å². The van der Waals surface area contributed by atoms with Crippen LogP contribution < -0.4 is 0 Å². The number of hydrogen-bond acceptors (Lipinski definition) is 4. The molecule has 0 aliphatic rings. The van der Waals surface area contributed by atoms with Gasteiger partial charge in [0.15, 0.2) is 0 Å². The Morgan fingerprint density at radius 1 is 0.944 bits per heavy atom. The molecule has 0 atom stereocenters. The molecule has 106 valence electrons. The van der Waals surface area contributed by atoms with Crippen LogP contribution in [0.4, 0.5) is 0 Å². The number of carbonyl (C=O) groups excluding carboxylic acids is 2. The maximum atomic E-state index is 11.4. The average molecular weight is 258 g/mol. The van der Waals surface area contributed by atoms with Crippen molar-refractivity contribution in [2.45, 2.75) is 59.3 Å². The second kappa shape index (κ2) is 11.1. The number of hydrogen-bond donors (Lipinski definition) is 0. The van der Waals surface area contributed by atoms with Gasteiger partial charge in [0.25, 0.3) is 0 Å². The first-order valence-electron chi connectivity index (χ1n) is 6.95. The molecule has 0 heterocycles. The van der Waals surface area contributed by atoms with E-state index >= 15 is 0 Å². The highest BCUT2D eigenvalue weighted by molar-refractivity contribution is 5.72. The van der Waals surface area contributed by atoms with Crippen LogP contribution in [-0.4, -0.2) is 25.2 Å². The fourth-order valence-electron chi connectivity index (χ4n) is 1.47. The summed E-state index contributed by atoms with van der Waals surface area (Å²) >= 11 is 0. The lowest BCUT2D eigenvalue weighted by Gasteiger charge is -2.12. The topological polar surface area (TPSA) is 52.6 Å². The lowest BCUT2D eigenvalue weighted by molar-refractivity contribution is -0.146. The summed E-state index contributed by atoms with van der Waals surface area (Å²) in [6, 6.07) is 0. The van der Waals surface area contributed by atoms with Crippen molar-refractivity contribution in [3.05, 3.63) is 0 Å². The highest BCUT2D eigenvalue weighted by Gasteiger charge is 2.09. The van der Waals surface area contributed by atoms with E-state index < -0.39 is 0 Å². The number of carbonyl (C=O) groups is 2. The molecule has 0 aromatic rings. The zero-order valence-electron chi connectivity index (χ0n) is 11.9. The molecule has 0 bridgehead atoms. The highest BCUT2D eigenvalue weighted by atomic mass is 16.5. The van der Waals surface area contributed by atoms with Gasteiger partial charge in [-0.25, -0.2) is 0 Å². The third kappa shape index (κ3) is 9.02. The first-order valence-corrected chi connectivity index (χ1v) is 6.95. The van der Waals surface area contributed by atoms with Crippen LogP contribution in [0.3, 0.4) is 0 Å². The molecule has 4 heteroatoms. The zero-order valence-corrected chi connectivity index (χ0v) is 11.9. The predicted molar refractivity (Wildman–Crippen MR) is 70.1 cm³/mol. The molecule has 0 rings (SSSR count). The monoisotopic (exact) mass is 258 g/mol. The van der Waals surface area contributed by atoms with E-state index in [1.807, 2.05) is 6.92 Å². The number of rotatable bonds is 10. The minimum Gasteiger partial charge on any atom is -0.466 e. The average Bonchev–Trinajstić information content (AvgIpc) is 2.37. The first-order chi connectivity index (χ1) is 8.63. The Bertz CT molecular complexity index is 234. The molecule has 0 saturated heterocycles. The highest BCUT2D eigenvalue weighted by Crippen LogP contribution is 2.09. The summed E-state index contributed by atoms with van der Waals surface area (Å²) in [5.74, 6) is -0.00157. The summed E-state index contributed by atoms with van der Waals surface area (Å²) in [6.07, 6.45) is 3.95. The molecule has 0 fully saturated rings. The summed E-state index contributed by atoms with van der Waals surface area (Å²) in [5, 5.41) is 0. The van der Waals surface area contributed by atoms with Gasteiger partial charge in [-0.3, -0.25) is 9.59 Å². The molecule has 0 N–H and O–H groups in total. The Kier molecular flexibility index (Phi) is 10.4. The third-order valence-corrected chi connectivity index (χ3v) is 2.86. The molecule has 0 aliphatic carbocycles. The summed E-state index contributed by atoms with van der Waals surface area (Å²) < 4.78 is 10.1. The van der Waals surface area contributed by atoms with Crippen molar-refractivity contribution < 1.29 is 19.1 Å². The van der Waals surface area contributed by atoms with Crippen LogP contribution in [0.1, 0.15) is 59.3 Å². The van der Waals surface area contributed by atoms with Gasteiger partial charge >= 0.3 is 11.9 Å². The van der Waals surface area contributed by atoms with Gasteiger partial charge in [0.05, 0.1) is 13.2 Å². The van der Waals surface area contributed by atoms with E-state index in [2.05, 4.69) is 13.8 Å². The zero-order chi connectivity index (χ0) is 13.8. The molecular weight excluding hydrogens is 232 g/mol. The van der Waals surface area contributed by atoms with E-state index in [1.165, 1.54) is 0 Å². The van der Waals surface area contributed by atoms with Gasteiger partial charge < -0.3 is 9.47 Å². The lowest BCUT2D eigenvalue weighted by atomic mass is 10.1. The molecule has 0 aliphatic heterocycles. The fourth-order valence-corrected chi connectivity index (χ4v) is 1.47. The Morgan fingerprint density at radius 3 is 2.00 bits per heavy atom. The fraction of sp³-hybridized carbons (Fsp3) is 0.857. The largest absolute Gasteiger partial charge is 0.466 e. The number of ether oxygens (including phenoxy) is 2. The molecule has 4 nitrogen and oxygen atoms in total. The van der Waals surface area contributed by atoms with Crippen molar-refractivity contribution in [3.8, 4) is 0 Å². The van der Waals surface area contributed by atoms with Crippen LogP contribution in [0.5, 0.6) is 0 Å². The summed E-state index contributed by atoms with van der Waals surface area (Å²) in [4.78, 5) is 22.6. The normalized spacial score (nSPS) is 10.4. The van der Waals surface area contributed by atoms with Gasteiger partial charge in [0, 0.05) is 12.8 Å². The molecule has 0 aromatic heterocycles. The maximum absolute atomic E-state index is 11.4. The molecule has 0 spiro atoms. The standard InChI is InChI=1S/C14H26O4/c1-4-10-17-13(15)8-7-9-14(16)18-11-12(5-2)6-3/h12H,4-11H2,1-3H3. The van der Waals surface area contributed by atoms with Crippen molar-refractivity contribution in [2.75, 3.05) is 13.2 Å². The Labute approximate surface area is 110 Å². The predicted octanol–water partition coefficient (Wildman–Crippen LogP) is 3.09. The van der Waals surface area contributed by atoms with Gasteiger partial charge in [0.1, 0.15) is 0 Å². The summed E-state index contributed by atoms with van der Waals surface area (Å²) in [5.41, 5.74) is 0. The molecule has 0 saturated carbocycles. The number of esters is 2. The van der Waals surface area contributed by atoms with Crippen LogP contribution in [0.2, 0.25) is 0 Å². The summed E-state index contributed by atoms with van der Waals surface area (Å²) in [6.45, 7) is 7.07. The van der Waals surface area contributed by atoms with Gasteiger partial charge in [0.2, 0.25) is 0 Å². The molecule has 0 aromatic carbocycles. The quantitative estimate of drug-likeness (QED) is 0.565. The van der Waals surface area contributed by atoms with E-state index in [4.69, 9.17) is 9.47 Å². The molecule has 0 radical (unpaired) electrons. The third-order valence-electron chi connectivity index (χ3n) is 2.86. The van der Waals surface area contributed by atoms with Gasteiger partial charge in [-0.15, -0.1) is 0 Å². The van der Waals surface area contributed by atoms with Crippen molar-refractivity contribution in [1.29, 1.82) is 0 Å². The first kappa shape index (κ1) is 16.9. The molecule has 0 unspecified atom stereocenters. The Hall–Kier alpha value is -1.06. The molecular formula is C14H26O4. The van der Waals surface area contributed by atoms with Crippen LogP contribution in [-0.2, 0) is 19.1 Å². The minimum atomic E-state index is -0.232. The smallest absolute Gasteiger partial charge is 0.305 e. The second-order valence-electron chi connectivity index (χ2n) is 4.44. The lowest BCUT2D eigenvalue weighted by Crippen LogP contribution is -2.13. The van der Waals surface area contributed by atoms with Crippen LogP contribution >= 0.6 is 0 Å². The van der Waals surface area contributed by atoms with Crippen molar-refractivity contribution in [3.63, 3.8) is 0 Å². The van der Waals surface area contributed by atoms with Gasteiger partial charge in [-0.1, -0.05) is 33.6 Å². The van der Waals surface area contributed by atoms with E-state index in [9.17, 15) is 9.59 Å². The molecule has 18 heavy (non-hydrogen) atoms. The Morgan fingerprint density at radius 2 is 1.50 bits per heavy atom. The van der Waals surface area contributed by atoms with Crippen molar-refractivity contribution >= 4 is 11.9 Å². The minimum absolute atomic E-state index is 0.217. The van der Waals surface area contributed by atoms with Gasteiger partial charge in [-0.05, 0) is 18.8 Å². The van der Waals surface area contributed by atoms with Crippen LogP contribution in [0.25, 0.3) is 0 Å². The van der Waals surface area contributed by atoms with Crippen molar-refractivity contribution in [1.82, 2.24) is 0 Å². The van der Waals surface area contributed by atoms with E-state index in [0.29, 0.717) is 38.4 Å². The van der Waals surface area contributed by atoms with Crippen LogP contribution in [0.15, 0.2) is 0 Å². The Balaban J connectivity index is 3.55. The maximum Gasteiger partial charge on any atom is 0.305 e. The molecule has 0 amide bonds. The van der Waals surface area contributed by atoms with Gasteiger partial charge in [-0.2, -0.15) is 0 Å².